The largest absolute Gasteiger partial charge is 0.508 e. The number of imide groups is 1. The molecule has 8 aliphatic rings. The molecule has 0 radical (unpaired) electrons. The Kier molecular flexibility index (Phi) is 42.1. The number of ether oxygens (including phenoxy) is 10. The molecule has 2 aromatic rings. The Balaban J connectivity index is 0.654. The molecule has 10 rings (SSSR count). The molecule has 0 aromatic heterocycles. The highest BCUT2D eigenvalue weighted by atomic mass is 16.6. The molecule has 7 amide bonds. The van der Waals surface area contributed by atoms with Crippen molar-refractivity contribution in [3.8, 4) is 5.75 Å². The highest BCUT2D eigenvalue weighted by molar-refractivity contribution is 6.01. The van der Waals surface area contributed by atoms with Crippen molar-refractivity contribution in [2.45, 2.75) is 263 Å². The summed E-state index contributed by atoms with van der Waals surface area (Å²) in [4.78, 5) is 125. The summed E-state index contributed by atoms with van der Waals surface area (Å²) < 4.78 is 58.8. The predicted molar refractivity (Wildman–Crippen MR) is 496 cm³/mol. The maximum Gasteiger partial charge on any atom is 0.246 e. The highest BCUT2D eigenvalue weighted by Crippen LogP contribution is 2.60. The number of phenolic OH excluding ortho intramolecular Hbond substituents is 1. The number of nitrogens with one attached hydrogen (secondary N) is 10. The molecule has 6 aliphatic carbocycles. The van der Waals surface area contributed by atoms with Crippen LogP contribution in [0.15, 0.2) is 59.2 Å². The van der Waals surface area contributed by atoms with Crippen LogP contribution in [0.5, 0.6) is 5.75 Å². The van der Waals surface area contributed by atoms with Crippen LogP contribution < -0.4 is 53.8 Å². The Bertz CT molecular complexity index is 4130. The van der Waals surface area contributed by atoms with Crippen molar-refractivity contribution >= 4 is 58.6 Å². The van der Waals surface area contributed by atoms with E-state index in [2.05, 4.69) is 88.8 Å². The maximum absolute atomic E-state index is 15.0. The summed E-state index contributed by atoms with van der Waals surface area (Å²) in [6.07, 6.45) is 18.9. The molecule has 2 saturated carbocycles. The number of amides is 7. The van der Waals surface area contributed by atoms with Crippen LogP contribution in [-0.4, -0.2) is 270 Å². The van der Waals surface area contributed by atoms with Gasteiger partial charge in [0.25, 0.3) is 0 Å². The van der Waals surface area contributed by atoms with Crippen molar-refractivity contribution in [1.29, 1.82) is 0 Å². The van der Waals surface area contributed by atoms with E-state index in [9.17, 15) is 48.3 Å². The molecule has 33 heteroatoms. The van der Waals surface area contributed by atoms with E-state index >= 15 is 0 Å². The number of benzene rings is 2. The van der Waals surface area contributed by atoms with Crippen molar-refractivity contribution < 1.29 is 100 Å². The van der Waals surface area contributed by atoms with Crippen molar-refractivity contribution in [3.63, 3.8) is 0 Å². The number of Topliss-reactive ketones (excluding diaryl/α,β-unsaturated/α-hetero) is 2. The zero-order chi connectivity index (χ0) is 94.0. The predicted octanol–water partition coefficient (Wildman–Crippen LogP) is 8.69. The second kappa shape index (κ2) is 52.4. The molecular weight excluding hydrogens is 1680 g/mol. The number of aryl methyl sites for hydroxylation is 2. The molecule has 2 heterocycles. The summed E-state index contributed by atoms with van der Waals surface area (Å²) in [6.45, 7) is 21.6. The lowest BCUT2D eigenvalue weighted by atomic mass is 9.49. The zero-order valence-electron chi connectivity index (χ0n) is 80.5. The SMILES string of the molecule is CC(C)[C@H](NC(=O)[C@@H](CCCCNC(=O)COC1CCCCCC2=C1NNN2CCOCCOCCOCCOCCC(=O)NCC[N+](C)(C)C)NC(=O)CCOCCOCCOCCOCCCC(=O)COC1CCCCCC2=C1NNN2C)C(=O)C[C@@H](C)C(=O)Nc1ccc2c(c1)[C@@]1(C)CCC[C@](C)(C(=O)NC(=O)[C@@]3(C)CCC[C@]4(C)c5cc(O)ccc5CC[C@@H]34)[C@@H]1CC2. The number of carbonyl (C=O) groups excluding carboxylic acids is 9. The van der Waals surface area contributed by atoms with Gasteiger partial charge >= 0.3 is 0 Å². The van der Waals surface area contributed by atoms with Gasteiger partial charge in [0.2, 0.25) is 41.4 Å². The number of phenols is 1. The number of hydrogen-bond acceptors (Lipinski definition) is 26. The van der Waals surface area contributed by atoms with Crippen molar-refractivity contribution in [1.82, 2.24) is 58.5 Å². The lowest BCUT2D eigenvalue weighted by Gasteiger charge is -2.56. The monoisotopic (exact) mass is 1840 g/mol. The molecule has 734 valence electrons. The number of rotatable bonds is 56. The Morgan fingerprint density at radius 3 is 1.62 bits per heavy atom. The van der Waals surface area contributed by atoms with Gasteiger partial charge in [-0.15, -0.1) is 11.1 Å². The van der Waals surface area contributed by atoms with Crippen LogP contribution in [0.2, 0.25) is 0 Å². The molecule has 2 aliphatic heterocycles. The Labute approximate surface area is 777 Å². The second-order valence-corrected chi connectivity index (χ2v) is 39.4. The van der Waals surface area contributed by atoms with Gasteiger partial charge < -0.3 is 94.4 Å². The van der Waals surface area contributed by atoms with E-state index in [0.717, 1.165) is 160 Å². The first kappa shape index (κ1) is 105. The van der Waals surface area contributed by atoms with Gasteiger partial charge in [-0.1, -0.05) is 99.1 Å². The number of allylic oxidation sites excluding steroid dienone is 2. The molecule has 131 heavy (non-hydrogen) atoms. The number of quaternary nitrogens is 1. The van der Waals surface area contributed by atoms with Crippen molar-refractivity contribution in [3.05, 3.63) is 81.4 Å². The number of nitrogens with zero attached hydrogens (tertiary/aromatic N) is 3. The molecule has 2 unspecified atom stereocenters. The number of aromatic hydroxyl groups is 1. The summed E-state index contributed by atoms with van der Waals surface area (Å²) in [5.41, 5.74) is 19.8. The average Bonchev–Trinajstić information content (AvgIpc) is 0.983. The van der Waals surface area contributed by atoms with E-state index in [1.165, 1.54) is 11.3 Å². The molecule has 33 nitrogen and oxygen atoms in total. The third-order valence-electron chi connectivity index (χ3n) is 28.2. The Hall–Kier alpha value is -7.77. The molecule has 11 N–H and O–H groups in total. The van der Waals surface area contributed by atoms with Gasteiger partial charge in [-0.05, 0) is 191 Å². The Morgan fingerprint density at radius 2 is 1.03 bits per heavy atom. The van der Waals surface area contributed by atoms with Crippen LogP contribution in [-0.2, 0) is 114 Å². The maximum atomic E-state index is 15.0. The molecule has 0 bridgehead atoms. The van der Waals surface area contributed by atoms with Gasteiger partial charge in [-0.3, -0.25) is 58.5 Å². The quantitative estimate of drug-likeness (QED) is 0.0167. The molecule has 0 spiro atoms. The first-order valence-electron chi connectivity index (χ1n) is 48.9. The van der Waals surface area contributed by atoms with Crippen molar-refractivity contribution in [2.75, 3.05) is 179 Å². The fourth-order valence-electron chi connectivity index (χ4n) is 20.7. The van der Waals surface area contributed by atoms with Gasteiger partial charge in [0, 0.05) is 57.5 Å². The van der Waals surface area contributed by atoms with Gasteiger partial charge in [0.05, 0.1) is 180 Å². The Morgan fingerprint density at radius 1 is 0.511 bits per heavy atom. The van der Waals surface area contributed by atoms with Crippen LogP contribution in [0.4, 0.5) is 5.69 Å². The molecule has 0 saturated heterocycles. The van der Waals surface area contributed by atoms with Crippen LogP contribution >= 0.6 is 0 Å². The van der Waals surface area contributed by atoms with Gasteiger partial charge in [0.1, 0.15) is 37.2 Å². The number of anilines is 1. The summed E-state index contributed by atoms with van der Waals surface area (Å²) in [5.74, 6) is -3.59. The molecule has 2 aromatic carbocycles. The zero-order valence-corrected chi connectivity index (χ0v) is 80.5. The lowest BCUT2D eigenvalue weighted by Crippen LogP contribution is -2.60. The van der Waals surface area contributed by atoms with E-state index in [4.69, 9.17) is 47.4 Å². The van der Waals surface area contributed by atoms with E-state index in [1.807, 2.05) is 75.1 Å². The summed E-state index contributed by atoms with van der Waals surface area (Å²) in [7, 11) is 8.23. The first-order valence-corrected chi connectivity index (χ1v) is 48.9. The number of hydrogen-bond donors (Lipinski definition) is 11. The summed E-state index contributed by atoms with van der Waals surface area (Å²) in [6, 6.07) is 9.50. The standard InChI is InChI=1S/C98H157N13O20/c1-68(2)88(80(114)63-69(3)91(118)101-72-33-29-70-31-35-83-95(4,75(70)64-72)39-21-41-97(83,6)93(120)104-94(121)98(7)42-22-40-96(5)76-65-73(112)34-30-71(76)32-36-84(96)98)103-92(119)77(102-86(116)38-49-124-53-57-128-60-59-126-55-51-122-47-20-23-74(113)66-130-81-27-16-12-14-25-78-89(81)105-107-109(78)8)24-18-19-43-99-87(117)67-131-82-28-17-13-15-26-79-90(82)106-108-110(79)45-50-125-54-58-129-62-61-127-56-52-123-48-37-85(115)100-44-46-111(9,10)11/h29-30,33-34,64-65,68-69,77,81-84,88,105-108H,12-28,31-32,35-63,66-67H2,1-11H3,(H6-,99,100,101,102,103,104,112,115,116,117,118,119,120,121)/p+1/t69-,77-,81?,82?,83-,84-,88+,95-,96-,97+,98+/m1/s1. The van der Waals surface area contributed by atoms with Gasteiger partial charge in [-0.2, -0.15) is 0 Å². The number of likely N-dealkylation sites (N-methyl/N-ethyl adjacent to an activating group) is 1. The third-order valence-corrected chi connectivity index (χ3v) is 28.2. The summed E-state index contributed by atoms with van der Waals surface area (Å²) in [5, 5.41) is 32.5. The third kappa shape index (κ3) is 31.1. The minimum Gasteiger partial charge on any atom is -0.508 e. The second-order valence-electron chi connectivity index (χ2n) is 39.4. The smallest absolute Gasteiger partial charge is 0.246 e. The number of ketones is 2. The fraction of sp³-hybridized carbons (Fsp3) is 0.745. The van der Waals surface area contributed by atoms with E-state index in [0.29, 0.717) is 150 Å². The molecule has 2 fully saturated rings. The van der Waals surface area contributed by atoms with Crippen LogP contribution in [0, 0.1) is 34.5 Å². The number of hydrazine groups is 4. The molecule has 11 atom stereocenters. The summed E-state index contributed by atoms with van der Waals surface area (Å²) >= 11 is 0. The topological polar surface area (TPSA) is 393 Å². The van der Waals surface area contributed by atoms with Gasteiger partial charge in [0.15, 0.2) is 11.6 Å². The minimum absolute atomic E-state index is 0.0118. The van der Waals surface area contributed by atoms with Crippen molar-refractivity contribution in [2.24, 2.45) is 34.5 Å². The number of fused-ring (bicyclic) bond motifs is 6. The van der Waals surface area contributed by atoms with E-state index in [-0.39, 0.29) is 135 Å². The van der Waals surface area contributed by atoms with Crippen LogP contribution in [0.25, 0.3) is 0 Å². The van der Waals surface area contributed by atoms with Gasteiger partial charge in [-0.25, -0.2) is 0 Å². The number of unbranched alkanes of at least 4 members (excludes halogenated alkanes) is 1. The average molecular weight is 1840 g/mol. The lowest BCUT2D eigenvalue weighted by molar-refractivity contribution is -0.869. The number of carbonyl (C=O) groups is 9. The highest BCUT2D eigenvalue weighted by Gasteiger charge is 2.59. The molecular formula is C98H158N13O20+. The van der Waals surface area contributed by atoms with Crippen LogP contribution in [0.1, 0.15) is 238 Å². The fourth-order valence-corrected chi connectivity index (χ4v) is 20.7. The first-order chi connectivity index (χ1) is 62.9. The normalized spacial score (nSPS) is 23.8. The van der Waals surface area contributed by atoms with Crippen LogP contribution in [0.3, 0.4) is 0 Å². The van der Waals surface area contributed by atoms with E-state index in [1.54, 1.807) is 13.0 Å². The van der Waals surface area contributed by atoms with E-state index < -0.39 is 52.0 Å². The minimum atomic E-state index is -1.07.